The van der Waals surface area contributed by atoms with Gasteiger partial charge in [0.1, 0.15) is 5.01 Å². The lowest BCUT2D eigenvalue weighted by Gasteiger charge is -2.06. The number of benzene rings is 1. The van der Waals surface area contributed by atoms with Crippen LogP contribution in [0, 0.1) is 0 Å². The lowest BCUT2D eigenvalue weighted by molar-refractivity contribution is 0.0520. The SMILES string of the molecule is CCOC(=O)c1csc(-c2cc(OC)c3c(c2)OCO3)n1. The van der Waals surface area contributed by atoms with E-state index in [-0.39, 0.29) is 6.79 Å². The van der Waals surface area contributed by atoms with E-state index in [2.05, 4.69) is 4.98 Å². The Kier molecular flexibility index (Phi) is 3.66. The van der Waals surface area contributed by atoms with Crippen molar-refractivity contribution in [2.45, 2.75) is 6.92 Å². The molecule has 1 aliphatic heterocycles. The summed E-state index contributed by atoms with van der Waals surface area (Å²) in [5.41, 5.74) is 1.10. The second kappa shape index (κ2) is 5.61. The number of fused-ring (bicyclic) bond motifs is 1. The maximum absolute atomic E-state index is 11.7. The summed E-state index contributed by atoms with van der Waals surface area (Å²) in [5, 5.41) is 2.36. The number of esters is 1. The first-order chi connectivity index (χ1) is 10.2. The second-order valence-electron chi connectivity index (χ2n) is 4.17. The van der Waals surface area contributed by atoms with Crippen LogP contribution in [0.4, 0.5) is 0 Å². The lowest BCUT2D eigenvalue weighted by Crippen LogP contribution is -2.04. The average molecular weight is 307 g/mol. The van der Waals surface area contributed by atoms with Crippen molar-refractivity contribution in [3.63, 3.8) is 0 Å². The summed E-state index contributed by atoms with van der Waals surface area (Å²) in [6.07, 6.45) is 0. The van der Waals surface area contributed by atoms with Gasteiger partial charge in [0.15, 0.2) is 17.2 Å². The molecule has 1 aromatic heterocycles. The molecule has 0 saturated heterocycles. The topological polar surface area (TPSA) is 66.9 Å². The molecule has 0 fully saturated rings. The van der Waals surface area contributed by atoms with Crippen LogP contribution in [-0.2, 0) is 4.74 Å². The third-order valence-electron chi connectivity index (χ3n) is 2.89. The van der Waals surface area contributed by atoms with E-state index in [0.29, 0.717) is 34.6 Å². The van der Waals surface area contributed by atoms with Crippen LogP contribution >= 0.6 is 11.3 Å². The van der Waals surface area contributed by atoms with Crippen molar-refractivity contribution in [2.75, 3.05) is 20.5 Å². The highest BCUT2D eigenvalue weighted by Gasteiger charge is 2.22. The van der Waals surface area contributed by atoms with Gasteiger partial charge < -0.3 is 18.9 Å². The van der Waals surface area contributed by atoms with Gasteiger partial charge in [-0.1, -0.05) is 0 Å². The third kappa shape index (κ3) is 2.52. The van der Waals surface area contributed by atoms with Gasteiger partial charge >= 0.3 is 5.97 Å². The molecule has 0 bridgehead atoms. The number of methoxy groups -OCH3 is 1. The summed E-state index contributed by atoms with van der Waals surface area (Å²) >= 11 is 1.36. The zero-order valence-corrected chi connectivity index (χ0v) is 12.4. The van der Waals surface area contributed by atoms with Crippen LogP contribution in [0.1, 0.15) is 17.4 Å². The van der Waals surface area contributed by atoms with Gasteiger partial charge in [0, 0.05) is 10.9 Å². The van der Waals surface area contributed by atoms with Crippen molar-refractivity contribution in [3.05, 3.63) is 23.2 Å². The van der Waals surface area contributed by atoms with E-state index >= 15 is 0 Å². The molecule has 0 aliphatic carbocycles. The Labute approximate surface area is 125 Å². The minimum absolute atomic E-state index is 0.168. The molecule has 1 aliphatic rings. The monoisotopic (exact) mass is 307 g/mol. The molecule has 0 unspecified atom stereocenters. The van der Waals surface area contributed by atoms with Crippen molar-refractivity contribution >= 4 is 17.3 Å². The molecule has 7 heteroatoms. The number of hydrogen-bond donors (Lipinski definition) is 0. The Bertz CT molecular complexity index is 682. The average Bonchev–Trinajstić information content (AvgIpc) is 3.15. The van der Waals surface area contributed by atoms with E-state index in [0.717, 1.165) is 5.56 Å². The highest BCUT2D eigenvalue weighted by Crippen LogP contribution is 2.44. The van der Waals surface area contributed by atoms with E-state index in [1.165, 1.54) is 11.3 Å². The molecule has 0 radical (unpaired) electrons. The fraction of sp³-hybridized carbons (Fsp3) is 0.286. The Morgan fingerprint density at radius 3 is 3.05 bits per heavy atom. The first-order valence-electron chi connectivity index (χ1n) is 6.33. The van der Waals surface area contributed by atoms with Crippen LogP contribution in [0.25, 0.3) is 10.6 Å². The van der Waals surface area contributed by atoms with Crippen molar-refractivity contribution in [3.8, 4) is 27.8 Å². The van der Waals surface area contributed by atoms with Gasteiger partial charge in [0.2, 0.25) is 12.5 Å². The molecule has 6 nitrogen and oxygen atoms in total. The van der Waals surface area contributed by atoms with Gasteiger partial charge in [-0.15, -0.1) is 11.3 Å². The van der Waals surface area contributed by atoms with Gasteiger partial charge in [0.05, 0.1) is 13.7 Å². The summed E-state index contributed by atoms with van der Waals surface area (Å²) in [4.78, 5) is 15.9. The number of carbonyl (C=O) groups is 1. The normalized spacial score (nSPS) is 12.3. The van der Waals surface area contributed by atoms with E-state index in [4.69, 9.17) is 18.9 Å². The Morgan fingerprint density at radius 1 is 1.43 bits per heavy atom. The predicted octanol–water partition coefficient (Wildman–Crippen LogP) is 2.72. The minimum Gasteiger partial charge on any atom is -0.493 e. The number of thiazole rings is 1. The highest BCUT2D eigenvalue weighted by atomic mass is 32.1. The maximum atomic E-state index is 11.7. The lowest BCUT2D eigenvalue weighted by atomic mass is 10.2. The summed E-state index contributed by atoms with van der Waals surface area (Å²) in [6, 6.07) is 3.62. The first-order valence-corrected chi connectivity index (χ1v) is 7.21. The number of ether oxygens (including phenoxy) is 4. The molecule has 0 atom stereocenters. The molecule has 0 N–H and O–H groups in total. The Morgan fingerprint density at radius 2 is 2.29 bits per heavy atom. The molecule has 0 saturated carbocycles. The second-order valence-corrected chi connectivity index (χ2v) is 5.03. The molecule has 0 spiro atoms. The van der Waals surface area contributed by atoms with Gasteiger partial charge in [-0.3, -0.25) is 0 Å². The number of aromatic nitrogens is 1. The van der Waals surface area contributed by atoms with Crippen LogP contribution in [0.15, 0.2) is 17.5 Å². The van der Waals surface area contributed by atoms with Crippen molar-refractivity contribution in [1.82, 2.24) is 4.98 Å². The number of rotatable bonds is 4. The van der Waals surface area contributed by atoms with E-state index in [1.54, 1.807) is 25.5 Å². The summed E-state index contributed by atoms with van der Waals surface area (Å²) in [7, 11) is 1.56. The van der Waals surface area contributed by atoms with Crippen molar-refractivity contribution in [2.24, 2.45) is 0 Å². The van der Waals surface area contributed by atoms with Crippen LogP contribution in [0.2, 0.25) is 0 Å². The predicted molar refractivity (Wildman–Crippen MR) is 76.2 cm³/mol. The highest BCUT2D eigenvalue weighted by molar-refractivity contribution is 7.13. The van der Waals surface area contributed by atoms with Crippen LogP contribution in [0.3, 0.4) is 0 Å². The molecule has 3 rings (SSSR count). The molecular formula is C14H13NO5S. The van der Waals surface area contributed by atoms with E-state index in [9.17, 15) is 4.79 Å². The minimum atomic E-state index is -0.423. The van der Waals surface area contributed by atoms with Gasteiger partial charge in [0.25, 0.3) is 0 Å². The quantitative estimate of drug-likeness (QED) is 0.809. The van der Waals surface area contributed by atoms with Gasteiger partial charge in [-0.05, 0) is 19.1 Å². The van der Waals surface area contributed by atoms with E-state index < -0.39 is 5.97 Å². The largest absolute Gasteiger partial charge is 0.493 e. The molecule has 21 heavy (non-hydrogen) atoms. The maximum Gasteiger partial charge on any atom is 0.357 e. The van der Waals surface area contributed by atoms with Crippen molar-refractivity contribution < 1.29 is 23.7 Å². The number of nitrogens with zero attached hydrogens (tertiary/aromatic N) is 1. The summed E-state index contributed by atoms with van der Waals surface area (Å²) in [6.45, 7) is 2.25. The van der Waals surface area contributed by atoms with Crippen LogP contribution in [-0.4, -0.2) is 31.5 Å². The van der Waals surface area contributed by atoms with Gasteiger partial charge in [-0.2, -0.15) is 0 Å². The van der Waals surface area contributed by atoms with Gasteiger partial charge in [-0.25, -0.2) is 9.78 Å². The smallest absolute Gasteiger partial charge is 0.357 e. The molecule has 1 aromatic carbocycles. The van der Waals surface area contributed by atoms with Crippen molar-refractivity contribution in [1.29, 1.82) is 0 Å². The Balaban J connectivity index is 1.96. The molecule has 2 heterocycles. The number of carbonyl (C=O) groups excluding carboxylic acids is 1. The van der Waals surface area contributed by atoms with E-state index in [1.807, 2.05) is 6.07 Å². The zero-order chi connectivity index (χ0) is 14.8. The fourth-order valence-electron chi connectivity index (χ4n) is 1.96. The van der Waals surface area contributed by atoms with Crippen LogP contribution in [0.5, 0.6) is 17.2 Å². The standard InChI is InChI=1S/C14H13NO5S/c1-3-18-14(16)9-6-21-13(15-9)8-4-10(17-2)12-11(5-8)19-7-20-12/h4-6H,3,7H2,1-2H3. The Hall–Kier alpha value is -2.28. The number of hydrogen-bond acceptors (Lipinski definition) is 7. The summed E-state index contributed by atoms with van der Waals surface area (Å²) in [5.74, 6) is 1.35. The first kappa shape index (κ1) is 13.7. The fourth-order valence-corrected chi connectivity index (χ4v) is 2.74. The molecule has 2 aromatic rings. The zero-order valence-electron chi connectivity index (χ0n) is 11.5. The molecule has 0 amide bonds. The summed E-state index contributed by atoms with van der Waals surface area (Å²) < 4.78 is 21.0. The molecular weight excluding hydrogens is 294 g/mol. The molecule has 110 valence electrons. The third-order valence-corrected chi connectivity index (χ3v) is 3.79. The van der Waals surface area contributed by atoms with Crippen LogP contribution < -0.4 is 14.2 Å².